The summed E-state index contributed by atoms with van der Waals surface area (Å²) in [5.41, 5.74) is 3.03. The van der Waals surface area contributed by atoms with E-state index in [4.69, 9.17) is 4.74 Å². The van der Waals surface area contributed by atoms with Gasteiger partial charge >= 0.3 is 5.97 Å². The number of carbonyl (C=O) groups is 1. The number of likely N-dealkylation sites (N-methyl/N-ethyl adjacent to an activating group) is 1. The SMILES string of the molecule is CCCCCCCC(=O)Oc1ccc2c(c1)c(=O)c1c(NCCN(C)C)ccc3ncn2c31. The van der Waals surface area contributed by atoms with E-state index in [1.54, 1.807) is 18.5 Å². The van der Waals surface area contributed by atoms with Crippen molar-refractivity contribution < 1.29 is 9.53 Å². The molecule has 4 rings (SSSR count). The van der Waals surface area contributed by atoms with Crippen molar-refractivity contribution in [1.29, 1.82) is 0 Å². The highest BCUT2D eigenvalue weighted by atomic mass is 16.5. The molecule has 0 fully saturated rings. The van der Waals surface area contributed by atoms with Crippen molar-refractivity contribution in [2.75, 3.05) is 32.5 Å². The van der Waals surface area contributed by atoms with Crippen molar-refractivity contribution in [3.8, 4) is 5.75 Å². The number of imidazole rings is 1. The number of fused-ring (bicyclic) bond motifs is 2. The second-order valence-corrected chi connectivity index (χ2v) is 8.85. The summed E-state index contributed by atoms with van der Waals surface area (Å²) in [5.74, 6) is 0.143. The van der Waals surface area contributed by atoms with Crippen LogP contribution < -0.4 is 15.5 Å². The minimum atomic E-state index is -0.258. The minimum absolute atomic E-state index is 0.0894. The van der Waals surface area contributed by atoms with E-state index in [0.717, 1.165) is 54.6 Å². The number of nitrogens with one attached hydrogen (secondary N) is 1. The molecule has 0 atom stereocenters. The summed E-state index contributed by atoms with van der Waals surface area (Å²) in [6, 6.07) is 9.10. The summed E-state index contributed by atoms with van der Waals surface area (Å²) in [6.45, 7) is 3.73. The van der Waals surface area contributed by atoms with Gasteiger partial charge in [-0.2, -0.15) is 0 Å². The number of hydrogen-bond donors (Lipinski definition) is 1. The summed E-state index contributed by atoms with van der Waals surface area (Å²) < 4.78 is 7.50. The Morgan fingerprint density at radius 2 is 1.94 bits per heavy atom. The second kappa shape index (κ2) is 10.2. The van der Waals surface area contributed by atoms with E-state index in [0.29, 0.717) is 22.9 Å². The topological polar surface area (TPSA) is 75.9 Å². The van der Waals surface area contributed by atoms with Crippen molar-refractivity contribution in [3.05, 3.63) is 46.9 Å². The molecule has 0 aliphatic rings. The fraction of sp³-hybridized carbons (Fsp3) is 0.423. The number of pyridine rings is 1. The van der Waals surface area contributed by atoms with Gasteiger partial charge in [0.15, 0.2) is 5.43 Å². The molecule has 0 saturated carbocycles. The van der Waals surface area contributed by atoms with Gasteiger partial charge in [-0.1, -0.05) is 32.6 Å². The van der Waals surface area contributed by atoms with Crippen LogP contribution in [-0.4, -0.2) is 47.4 Å². The van der Waals surface area contributed by atoms with Crippen molar-refractivity contribution in [1.82, 2.24) is 14.3 Å². The van der Waals surface area contributed by atoms with E-state index >= 15 is 0 Å². The summed E-state index contributed by atoms with van der Waals surface area (Å²) >= 11 is 0. The molecule has 0 radical (unpaired) electrons. The molecule has 2 aromatic carbocycles. The maximum absolute atomic E-state index is 13.6. The van der Waals surface area contributed by atoms with Gasteiger partial charge in [-0.25, -0.2) is 4.98 Å². The predicted molar refractivity (Wildman–Crippen MR) is 134 cm³/mol. The molecule has 0 unspecified atom stereocenters. The number of hydrogen-bond acceptors (Lipinski definition) is 6. The number of carbonyl (C=O) groups excluding carboxylic acids is 1. The third-order valence-corrected chi connectivity index (χ3v) is 6.00. The molecule has 174 valence electrons. The Hall–Kier alpha value is -3.19. The van der Waals surface area contributed by atoms with Gasteiger partial charge in [0.05, 0.1) is 27.3 Å². The smallest absolute Gasteiger partial charge is 0.311 e. The van der Waals surface area contributed by atoms with Crippen LogP contribution in [0.2, 0.25) is 0 Å². The molecular formula is C26H32N4O3. The lowest BCUT2D eigenvalue weighted by atomic mass is 10.1. The molecule has 33 heavy (non-hydrogen) atoms. The van der Waals surface area contributed by atoms with E-state index in [2.05, 4.69) is 22.1 Å². The van der Waals surface area contributed by atoms with E-state index in [9.17, 15) is 9.59 Å². The van der Waals surface area contributed by atoms with Crippen molar-refractivity contribution in [3.63, 3.8) is 0 Å². The quantitative estimate of drug-likeness (QED) is 0.155. The average Bonchev–Trinajstić information content (AvgIpc) is 3.22. The third kappa shape index (κ3) is 4.93. The van der Waals surface area contributed by atoms with Crippen LogP contribution in [0.3, 0.4) is 0 Å². The van der Waals surface area contributed by atoms with Crippen LogP contribution in [0.5, 0.6) is 5.75 Å². The molecule has 0 spiro atoms. The molecule has 4 aromatic rings. The normalized spacial score (nSPS) is 11.8. The van der Waals surface area contributed by atoms with Crippen molar-refractivity contribution in [2.24, 2.45) is 0 Å². The van der Waals surface area contributed by atoms with Crippen LogP contribution in [0.1, 0.15) is 45.4 Å². The first kappa shape index (κ1) is 23.0. The summed E-state index contributed by atoms with van der Waals surface area (Å²) in [5, 5.41) is 4.51. The Bertz CT molecular complexity index is 1310. The molecule has 7 nitrogen and oxygen atoms in total. The fourth-order valence-corrected chi connectivity index (χ4v) is 4.24. The lowest BCUT2D eigenvalue weighted by molar-refractivity contribution is -0.134. The first-order valence-electron chi connectivity index (χ1n) is 11.8. The molecule has 2 heterocycles. The highest BCUT2D eigenvalue weighted by Gasteiger charge is 2.17. The average molecular weight is 449 g/mol. The number of anilines is 1. The molecular weight excluding hydrogens is 416 g/mol. The highest BCUT2D eigenvalue weighted by Crippen LogP contribution is 2.30. The zero-order valence-electron chi connectivity index (χ0n) is 19.7. The summed E-state index contributed by atoms with van der Waals surface area (Å²) in [4.78, 5) is 32.5. The number of unbranched alkanes of at least 4 members (excludes halogenated alkanes) is 4. The monoisotopic (exact) mass is 448 g/mol. The number of aromatic nitrogens is 2. The molecule has 0 amide bonds. The van der Waals surface area contributed by atoms with Gasteiger partial charge < -0.3 is 15.0 Å². The molecule has 1 N–H and O–H groups in total. The third-order valence-electron chi connectivity index (χ3n) is 6.00. The van der Waals surface area contributed by atoms with Gasteiger partial charge in [0.2, 0.25) is 0 Å². The van der Waals surface area contributed by atoms with Crippen molar-refractivity contribution in [2.45, 2.75) is 45.4 Å². The Labute approximate surface area is 193 Å². The summed E-state index contributed by atoms with van der Waals surface area (Å²) in [6.07, 6.45) is 7.49. The van der Waals surface area contributed by atoms with Gasteiger partial charge in [0.25, 0.3) is 0 Å². The van der Waals surface area contributed by atoms with Crippen LogP contribution in [0.25, 0.3) is 27.3 Å². The summed E-state index contributed by atoms with van der Waals surface area (Å²) in [7, 11) is 4.03. The standard InChI is InChI=1S/C26H32N4O3/c1-4-5-6-7-8-9-23(31)33-18-10-13-22-19(16-18)26(32)24-20(27-14-15-29(2)3)11-12-21-25(24)30(22)17-28-21/h10-13,16-17,27H,4-9,14-15H2,1-3H3. The Kier molecular flexibility index (Phi) is 7.08. The van der Waals surface area contributed by atoms with E-state index in [1.165, 1.54) is 12.8 Å². The van der Waals surface area contributed by atoms with Gasteiger partial charge in [0.1, 0.15) is 12.1 Å². The van der Waals surface area contributed by atoms with E-state index in [-0.39, 0.29) is 11.4 Å². The number of benzene rings is 2. The zero-order valence-corrected chi connectivity index (χ0v) is 19.7. The predicted octanol–water partition coefficient (Wildman–Crippen LogP) is 4.68. The largest absolute Gasteiger partial charge is 0.427 e. The highest BCUT2D eigenvalue weighted by molar-refractivity contribution is 6.07. The maximum atomic E-state index is 13.6. The van der Waals surface area contributed by atoms with Crippen molar-refractivity contribution >= 4 is 39.0 Å². The Morgan fingerprint density at radius 3 is 2.73 bits per heavy atom. The maximum Gasteiger partial charge on any atom is 0.311 e. The number of rotatable bonds is 11. The van der Waals surface area contributed by atoms with Gasteiger partial charge in [0, 0.05) is 25.2 Å². The lowest BCUT2D eigenvalue weighted by Gasteiger charge is -2.14. The van der Waals surface area contributed by atoms with Crippen LogP contribution in [-0.2, 0) is 4.79 Å². The number of nitrogens with zero attached hydrogens (tertiary/aromatic N) is 3. The van der Waals surface area contributed by atoms with Gasteiger partial charge in [-0.3, -0.25) is 14.0 Å². The zero-order chi connectivity index (χ0) is 23.4. The Morgan fingerprint density at radius 1 is 1.12 bits per heavy atom. The van der Waals surface area contributed by atoms with E-state index in [1.807, 2.05) is 36.7 Å². The van der Waals surface area contributed by atoms with Crippen LogP contribution >= 0.6 is 0 Å². The molecule has 0 aliphatic carbocycles. The number of ether oxygens (including phenoxy) is 1. The van der Waals surface area contributed by atoms with Gasteiger partial charge in [-0.15, -0.1) is 0 Å². The molecule has 2 aromatic heterocycles. The fourth-order valence-electron chi connectivity index (χ4n) is 4.24. The Balaban J connectivity index is 1.65. The molecule has 0 saturated heterocycles. The van der Waals surface area contributed by atoms with E-state index < -0.39 is 0 Å². The minimum Gasteiger partial charge on any atom is -0.427 e. The van der Waals surface area contributed by atoms with Gasteiger partial charge in [-0.05, 0) is 50.8 Å². The van der Waals surface area contributed by atoms with Crippen LogP contribution in [0.15, 0.2) is 41.5 Å². The first-order chi connectivity index (χ1) is 16.0. The lowest BCUT2D eigenvalue weighted by Crippen LogP contribution is -2.21. The molecule has 0 bridgehead atoms. The van der Waals surface area contributed by atoms with Crippen LogP contribution in [0, 0.1) is 0 Å². The second-order valence-electron chi connectivity index (χ2n) is 8.85. The molecule has 7 heteroatoms. The first-order valence-corrected chi connectivity index (χ1v) is 11.8. The van der Waals surface area contributed by atoms with Crippen LogP contribution in [0.4, 0.5) is 5.69 Å². The molecule has 0 aliphatic heterocycles. The number of esters is 1.